The molecule has 21 nitrogen and oxygen atoms in total. The molecule has 0 spiro atoms. The molecule has 7 fully saturated rings. The Bertz CT molecular complexity index is 2080. The molecule has 368 valence electrons. The van der Waals surface area contributed by atoms with Gasteiger partial charge < -0.3 is 71.2 Å². The summed E-state index contributed by atoms with van der Waals surface area (Å²) >= 11 is 0. The number of hydrogen-bond donors (Lipinski definition) is 0. The Morgan fingerprint density at radius 1 is 0.627 bits per heavy atom. The minimum absolute atomic E-state index is 0.0121. The minimum atomic E-state index is -0.978. The lowest BCUT2D eigenvalue weighted by Gasteiger charge is -2.37. The first-order valence-electron chi connectivity index (χ1n) is 22.6. The molecule has 2 aromatic carbocycles. The van der Waals surface area contributed by atoms with Crippen LogP contribution in [0.2, 0.25) is 0 Å². The van der Waals surface area contributed by atoms with E-state index in [9.17, 15) is 24.5 Å². The Balaban J connectivity index is 0.000000186. The van der Waals surface area contributed by atoms with Gasteiger partial charge in [0.15, 0.2) is 35.7 Å². The molecule has 21 heteroatoms. The normalized spacial score (nSPS) is 32.9. The summed E-state index contributed by atoms with van der Waals surface area (Å²) in [6, 6.07) is 14.7. The van der Waals surface area contributed by atoms with E-state index in [1.54, 1.807) is 32.6 Å². The summed E-state index contributed by atoms with van der Waals surface area (Å²) in [7, 11) is 0. The van der Waals surface area contributed by atoms with E-state index in [0.29, 0.717) is 19.5 Å². The molecule has 2 aromatic rings. The van der Waals surface area contributed by atoms with Crippen LogP contribution in [0.25, 0.3) is 0 Å². The maximum absolute atomic E-state index is 12.8. The van der Waals surface area contributed by atoms with Crippen molar-refractivity contribution in [2.24, 2.45) is 5.92 Å². The molecule has 7 aliphatic heterocycles. The third-order valence-electron chi connectivity index (χ3n) is 12.1. The molecule has 0 aliphatic carbocycles. The number of carbonyl (C=O) groups is 3. The maximum atomic E-state index is 12.8. The molecule has 7 aliphatic rings. The summed E-state index contributed by atoms with van der Waals surface area (Å²) in [5, 5.41) is 10.7. The van der Waals surface area contributed by atoms with Crippen LogP contribution < -0.4 is 4.74 Å². The van der Waals surface area contributed by atoms with E-state index < -0.39 is 102 Å². The van der Waals surface area contributed by atoms with E-state index in [2.05, 4.69) is 0 Å². The number of nitro groups is 1. The highest BCUT2D eigenvalue weighted by molar-refractivity contribution is 5.70. The molecular weight excluding hydrogens is 885 g/mol. The van der Waals surface area contributed by atoms with Crippen LogP contribution in [-0.2, 0) is 73.0 Å². The van der Waals surface area contributed by atoms with E-state index in [1.165, 1.54) is 24.3 Å². The average molecular weight is 945 g/mol. The summed E-state index contributed by atoms with van der Waals surface area (Å²) in [4.78, 5) is 48.9. The number of nitrogens with zero attached hydrogens (tertiary/aromatic N) is 2. The predicted molar refractivity (Wildman–Crippen MR) is 227 cm³/mol. The van der Waals surface area contributed by atoms with Gasteiger partial charge in [0.25, 0.3) is 5.69 Å². The van der Waals surface area contributed by atoms with Crippen molar-refractivity contribution in [3.8, 4) is 5.75 Å². The summed E-state index contributed by atoms with van der Waals surface area (Å²) in [5.41, 5.74) is 0.848. The summed E-state index contributed by atoms with van der Waals surface area (Å²) in [6.07, 6.45) is -4.88. The van der Waals surface area contributed by atoms with E-state index in [-0.39, 0.29) is 43.1 Å². The number of non-ortho nitro benzene ring substituents is 1. The molecule has 9 rings (SSSR count). The van der Waals surface area contributed by atoms with Gasteiger partial charge in [-0.25, -0.2) is 9.59 Å². The highest BCUT2D eigenvalue weighted by Gasteiger charge is 2.62. The van der Waals surface area contributed by atoms with E-state index in [1.807, 2.05) is 58.0 Å². The number of esters is 1. The van der Waals surface area contributed by atoms with Crippen LogP contribution in [0.4, 0.5) is 15.3 Å². The summed E-state index contributed by atoms with van der Waals surface area (Å²) in [5.74, 6) is -3.24. The number of nitro benzene ring substituents is 1. The van der Waals surface area contributed by atoms with Crippen molar-refractivity contribution in [2.45, 2.75) is 166 Å². The second kappa shape index (κ2) is 19.4. The van der Waals surface area contributed by atoms with Gasteiger partial charge in [0.1, 0.15) is 74.4 Å². The van der Waals surface area contributed by atoms with Crippen LogP contribution in [0.5, 0.6) is 5.75 Å². The van der Waals surface area contributed by atoms with E-state index in [0.717, 1.165) is 18.4 Å². The predicted octanol–water partition coefficient (Wildman–Crippen LogP) is 5.87. The second-order valence-electron chi connectivity index (χ2n) is 19.2. The number of piperidine rings is 1. The molecule has 7 saturated heterocycles. The number of fused-ring (bicyclic) bond motifs is 6. The monoisotopic (exact) mass is 944 g/mol. The molecule has 0 bridgehead atoms. The average Bonchev–Trinajstić information content (AvgIpc) is 3.98. The first-order valence-corrected chi connectivity index (χ1v) is 22.6. The van der Waals surface area contributed by atoms with Gasteiger partial charge >= 0.3 is 18.2 Å². The first kappa shape index (κ1) is 48.9. The molecular formula is C46H60N2O19. The van der Waals surface area contributed by atoms with Crippen molar-refractivity contribution in [3.63, 3.8) is 0 Å². The van der Waals surface area contributed by atoms with Gasteiger partial charge in [0, 0.05) is 31.6 Å². The van der Waals surface area contributed by atoms with Crippen molar-refractivity contribution in [2.75, 3.05) is 26.3 Å². The van der Waals surface area contributed by atoms with Crippen molar-refractivity contribution in [3.05, 3.63) is 70.3 Å². The third-order valence-corrected chi connectivity index (χ3v) is 12.1. The van der Waals surface area contributed by atoms with Gasteiger partial charge in [-0.2, -0.15) is 0 Å². The lowest BCUT2D eigenvalue weighted by molar-refractivity contribution is -0.384. The van der Waals surface area contributed by atoms with Crippen molar-refractivity contribution < 1.29 is 85.6 Å². The number of amides is 1. The maximum Gasteiger partial charge on any atom is 0.513 e. The molecule has 0 radical (unpaired) electrons. The zero-order valence-electron chi connectivity index (χ0n) is 38.9. The highest BCUT2D eigenvalue weighted by Crippen LogP contribution is 2.46. The SMILES string of the molecule is CC1(C)O[C@H]2[C@@H](O1)[C@@H](COC(=O)N1CCC(CC(=O)OCc3ccccc3)CC1)O[C@@H]1OC(C)(C)O[C@@H]12.CC1(C)O[C@H]2[C@@H](O1)[C@@H](COC(=O)Oc1ccc([N+](=O)[O-])cc1)O[C@@H]1OC(C)(C)O[C@@H]12. The van der Waals surface area contributed by atoms with Gasteiger partial charge in [-0.1, -0.05) is 30.3 Å². The van der Waals surface area contributed by atoms with Gasteiger partial charge in [-0.15, -0.1) is 0 Å². The lowest BCUT2D eigenvalue weighted by Crippen LogP contribution is -2.56. The number of hydrogen-bond acceptors (Lipinski definition) is 19. The zero-order valence-corrected chi connectivity index (χ0v) is 38.9. The van der Waals surface area contributed by atoms with Crippen LogP contribution in [0.1, 0.15) is 80.2 Å². The molecule has 0 aromatic heterocycles. The largest absolute Gasteiger partial charge is 0.513 e. The van der Waals surface area contributed by atoms with Crippen LogP contribution in [0, 0.1) is 16.0 Å². The fourth-order valence-corrected chi connectivity index (χ4v) is 9.16. The van der Waals surface area contributed by atoms with Gasteiger partial charge in [0.05, 0.1) is 4.92 Å². The Labute approximate surface area is 387 Å². The molecule has 0 saturated carbocycles. The summed E-state index contributed by atoms with van der Waals surface area (Å²) < 4.78 is 81.0. The molecule has 1 amide bonds. The second-order valence-corrected chi connectivity index (χ2v) is 19.2. The topological polar surface area (TPSA) is 227 Å². The van der Waals surface area contributed by atoms with Crippen LogP contribution in [0.15, 0.2) is 54.6 Å². The highest BCUT2D eigenvalue weighted by atomic mass is 16.9. The Hall–Kier alpha value is -4.55. The van der Waals surface area contributed by atoms with E-state index >= 15 is 0 Å². The van der Waals surface area contributed by atoms with Crippen molar-refractivity contribution >= 4 is 23.9 Å². The minimum Gasteiger partial charge on any atom is -0.461 e. The third kappa shape index (κ3) is 12.0. The molecule has 10 atom stereocenters. The number of carbonyl (C=O) groups excluding carboxylic acids is 3. The van der Waals surface area contributed by atoms with Crippen molar-refractivity contribution in [1.82, 2.24) is 4.90 Å². The Morgan fingerprint density at radius 2 is 1.10 bits per heavy atom. The quantitative estimate of drug-likeness (QED) is 0.0892. The number of benzene rings is 2. The number of rotatable bonds is 10. The summed E-state index contributed by atoms with van der Waals surface area (Å²) in [6.45, 7) is 15.6. The number of likely N-dealkylation sites (tertiary alicyclic amines) is 1. The van der Waals surface area contributed by atoms with Gasteiger partial charge in [0.2, 0.25) is 0 Å². The first-order chi connectivity index (χ1) is 31.6. The van der Waals surface area contributed by atoms with Crippen LogP contribution in [-0.4, -0.2) is 139 Å². The fraction of sp³-hybridized carbons (Fsp3) is 0.674. The van der Waals surface area contributed by atoms with Crippen LogP contribution >= 0.6 is 0 Å². The van der Waals surface area contributed by atoms with Crippen molar-refractivity contribution in [1.29, 1.82) is 0 Å². The lowest BCUT2D eigenvalue weighted by atomic mass is 9.94. The molecule has 0 unspecified atom stereocenters. The Kier molecular flexibility index (Phi) is 14.2. The molecule has 67 heavy (non-hydrogen) atoms. The fourth-order valence-electron chi connectivity index (χ4n) is 9.16. The number of ether oxygens (including phenoxy) is 14. The van der Waals surface area contributed by atoms with Gasteiger partial charge in [-0.3, -0.25) is 14.9 Å². The molecule has 7 heterocycles. The Morgan fingerprint density at radius 3 is 1.63 bits per heavy atom. The van der Waals surface area contributed by atoms with Crippen LogP contribution in [0.3, 0.4) is 0 Å². The standard InChI is InChI=1S/C27H37NO9.C19H23NO10/c1-26(2)34-21-19(33-24-23(22(21)35-26)36-27(3,4)37-24)16-32-25(30)28-12-10-17(11-13-28)14-20(29)31-15-18-8-6-5-7-9-18;1-18(2)27-13-12(26-16-15(14(13)28-18)29-19(3,4)30-16)9-24-17(21)25-11-7-5-10(6-8-11)20(22)23/h5-9,17,19,21-24H,10-16H2,1-4H3;5-8,12-16H,9H2,1-4H3/t19-,21+,22+,23-,24-;12-,13+,14+,15-,16-/m11/s1. The smallest absolute Gasteiger partial charge is 0.461 e. The van der Waals surface area contributed by atoms with E-state index in [4.69, 9.17) is 66.3 Å². The zero-order chi connectivity index (χ0) is 47.9. The molecule has 0 N–H and O–H groups in total. The van der Waals surface area contributed by atoms with Gasteiger partial charge in [-0.05, 0) is 91.8 Å².